The Morgan fingerprint density at radius 2 is 2.33 bits per heavy atom. The summed E-state index contributed by atoms with van der Waals surface area (Å²) in [5, 5.41) is 8.61. The SMILES string of the molecule is COc1cc(C(N)CC(=O)O)ccc1Br. The van der Waals surface area contributed by atoms with E-state index in [1.165, 1.54) is 0 Å². The number of hydrogen-bond donors (Lipinski definition) is 2. The molecule has 0 fully saturated rings. The van der Waals surface area contributed by atoms with Crippen molar-refractivity contribution in [2.45, 2.75) is 12.5 Å². The van der Waals surface area contributed by atoms with Crippen molar-refractivity contribution in [1.82, 2.24) is 0 Å². The molecule has 0 spiro atoms. The van der Waals surface area contributed by atoms with Crippen LogP contribution in [0.25, 0.3) is 0 Å². The fourth-order valence-electron chi connectivity index (χ4n) is 1.21. The normalized spacial score (nSPS) is 12.2. The Morgan fingerprint density at radius 1 is 1.67 bits per heavy atom. The van der Waals surface area contributed by atoms with Gasteiger partial charge in [0.15, 0.2) is 0 Å². The van der Waals surface area contributed by atoms with E-state index in [4.69, 9.17) is 15.6 Å². The number of nitrogens with two attached hydrogens (primary N) is 1. The minimum atomic E-state index is -0.913. The summed E-state index contributed by atoms with van der Waals surface area (Å²) in [6, 6.07) is 4.79. The third kappa shape index (κ3) is 3.21. The molecule has 0 aromatic heterocycles. The van der Waals surface area contributed by atoms with Crippen LogP contribution in [0, 0.1) is 0 Å². The van der Waals surface area contributed by atoms with Crippen molar-refractivity contribution in [1.29, 1.82) is 0 Å². The fourth-order valence-corrected chi connectivity index (χ4v) is 1.62. The largest absolute Gasteiger partial charge is 0.496 e. The van der Waals surface area contributed by atoms with E-state index in [1.54, 1.807) is 25.3 Å². The Kier molecular flexibility index (Phi) is 4.11. The molecule has 4 nitrogen and oxygen atoms in total. The van der Waals surface area contributed by atoms with E-state index < -0.39 is 12.0 Å². The number of carboxylic acids is 1. The second-order valence-electron chi connectivity index (χ2n) is 3.10. The maximum absolute atomic E-state index is 10.5. The number of halogens is 1. The number of aliphatic carboxylic acids is 1. The van der Waals surface area contributed by atoms with Crippen LogP contribution in [-0.2, 0) is 4.79 Å². The smallest absolute Gasteiger partial charge is 0.305 e. The van der Waals surface area contributed by atoms with Gasteiger partial charge in [-0.25, -0.2) is 0 Å². The summed E-state index contributed by atoms with van der Waals surface area (Å²) in [7, 11) is 1.55. The predicted octanol–water partition coefficient (Wildman–Crippen LogP) is 1.93. The first-order chi connectivity index (χ1) is 7.04. The lowest BCUT2D eigenvalue weighted by Crippen LogP contribution is -2.14. The summed E-state index contributed by atoms with van der Waals surface area (Å²) < 4.78 is 5.91. The van der Waals surface area contributed by atoms with Gasteiger partial charge >= 0.3 is 5.97 Å². The second kappa shape index (κ2) is 5.14. The molecule has 1 rings (SSSR count). The maximum Gasteiger partial charge on any atom is 0.305 e. The van der Waals surface area contributed by atoms with Crippen molar-refractivity contribution in [3.05, 3.63) is 28.2 Å². The van der Waals surface area contributed by atoms with E-state index in [0.717, 1.165) is 10.0 Å². The van der Waals surface area contributed by atoms with Crippen LogP contribution in [0.5, 0.6) is 5.75 Å². The number of carboxylic acid groups (broad SMARTS) is 1. The molecule has 1 aromatic rings. The van der Waals surface area contributed by atoms with Gasteiger partial charge in [0.05, 0.1) is 18.0 Å². The van der Waals surface area contributed by atoms with Crippen molar-refractivity contribution in [3.8, 4) is 5.75 Å². The fraction of sp³-hybridized carbons (Fsp3) is 0.300. The molecule has 3 N–H and O–H groups in total. The summed E-state index contributed by atoms with van der Waals surface area (Å²) in [5.74, 6) is -0.266. The summed E-state index contributed by atoms with van der Waals surface area (Å²) in [6.45, 7) is 0. The highest BCUT2D eigenvalue weighted by molar-refractivity contribution is 9.10. The molecule has 0 radical (unpaired) electrons. The molecule has 0 amide bonds. The van der Waals surface area contributed by atoms with Crippen LogP contribution >= 0.6 is 15.9 Å². The van der Waals surface area contributed by atoms with Crippen LogP contribution < -0.4 is 10.5 Å². The lowest BCUT2D eigenvalue weighted by atomic mass is 10.0. The average molecular weight is 274 g/mol. The molecular weight excluding hydrogens is 262 g/mol. The first kappa shape index (κ1) is 12.0. The number of methoxy groups -OCH3 is 1. The van der Waals surface area contributed by atoms with Crippen molar-refractivity contribution >= 4 is 21.9 Å². The Bertz CT molecular complexity index is 368. The molecule has 0 aliphatic heterocycles. The minimum absolute atomic E-state index is 0.0925. The summed E-state index contributed by atoms with van der Waals surface area (Å²) >= 11 is 3.31. The highest BCUT2D eigenvalue weighted by atomic mass is 79.9. The maximum atomic E-state index is 10.5. The number of rotatable bonds is 4. The molecular formula is C10H12BrNO3. The average Bonchev–Trinajstić information content (AvgIpc) is 2.17. The minimum Gasteiger partial charge on any atom is -0.496 e. The molecule has 0 heterocycles. The Labute approximate surface area is 96.2 Å². The molecule has 5 heteroatoms. The summed E-state index contributed by atoms with van der Waals surface area (Å²) in [6.07, 6.45) is -0.0925. The first-order valence-corrected chi connectivity index (χ1v) is 5.14. The van der Waals surface area contributed by atoms with Crippen molar-refractivity contribution in [2.24, 2.45) is 5.73 Å². The molecule has 0 aliphatic carbocycles. The van der Waals surface area contributed by atoms with Gasteiger partial charge in [-0.1, -0.05) is 6.07 Å². The first-order valence-electron chi connectivity index (χ1n) is 4.35. The number of hydrogen-bond acceptors (Lipinski definition) is 3. The Balaban J connectivity index is 2.90. The van der Waals surface area contributed by atoms with Crippen LogP contribution in [0.3, 0.4) is 0 Å². The van der Waals surface area contributed by atoms with Gasteiger partial charge in [-0.3, -0.25) is 4.79 Å². The zero-order valence-corrected chi connectivity index (χ0v) is 9.82. The lowest BCUT2D eigenvalue weighted by Gasteiger charge is -2.11. The van der Waals surface area contributed by atoms with Gasteiger partial charge in [0.2, 0.25) is 0 Å². The Hall–Kier alpha value is -1.07. The van der Waals surface area contributed by atoms with E-state index in [-0.39, 0.29) is 6.42 Å². The molecule has 15 heavy (non-hydrogen) atoms. The van der Waals surface area contributed by atoms with Gasteiger partial charge in [-0.2, -0.15) is 0 Å². The third-order valence-electron chi connectivity index (χ3n) is 2.00. The van der Waals surface area contributed by atoms with Gasteiger partial charge in [0, 0.05) is 6.04 Å². The van der Waals surface area contributed by atoms with Crippen LogP contribution in [-0.4, -0.2) is 18.2 Å². The van der Waals surface area contributed by atoms with Crippen LogP contribution in [0.2, 0.25) is 0 Å². The molecule has 1 unspecified atom stereocenters. The van der Waals surface area contributed by atoms with Crippen LogP contribution in [0.4, 0.5) is 0 Å². The molecule has 1 aromatic carbocycles. The van der Waals surface area contributed by atoms with E-state index in [2.05, 4.69) is 15.9 Å². The lowest BCUT2D eigenvalue weighted by molar-refractivity contribution is -0.137. The molecule has 0 bridgehead atoms. The molecule has 0 saturated carbocycles. The predicted molar refractivity (Wildman–Crippen MR) is 59.9 cm³/mol. The molecule has 0 aliphatic rings. The van der Waals surface area contributed by atoms with Gasteiger partial charge in [0.1, 0.15) is 5.75 Å². The highest BCUT2D eigenvalue weighted by Crippen LogP contribution is 2.28. The van der Waals surface area contributed by atoms with Crippen molar-refractivity contribution in [2.75, 3.05) is 7.11 Å². The number of ether oxygens (including phenoxy) is 1. The molecule has 0 saturated heterocycles. The third-order valence-corrected chi connectivity index (χ3v) is 2.65. The van der Waals surface area contributed by atoms with Crippen LogP contribution in [0.15, 0.2) is 22.7 Å². The number of benzene rings is 1. The standard InChI is InChI=1S/C10H12BrNO3/c1-15-9-4-6(2-3-7(9)11)8(12)5-10(13)14/h2-4,8H,5,12H2,1H3,(H,13,14). The molecule has 82 valence electrons. The quantitative estimate of drug-likeness (QED) is 0.880. The summed E-state index contributed by atoms with van der Waals surface area (Å²) in [4.78, 5) is 10.5. The molecule has 1 atom stereocenters. The number of carbonyl (C=O) groups is 1. The second-order valence-corrected chi connectivity index (χ2v) is 3.95. The highest BCUT2D eigenvalue weighted by Gasteiger charge is 2.12. The van der Waals surface area contributed by atoms with Crippen LogP contribution in [0.1, 0.15) is 18.0 Å². The van der Waals surface area contributed by atoms with E-state index in [1.807, 2.05) is 0 Å². The van der Waals surface area contributed by atoms with E-state index >= 15 is 0 Å². The van der Waals surface area contributed by atoms with Gasteiger partial charge < -0.3 is 15.6 Å². The Morgan fingerprint density at radius 3 is 2.87 bits per heavy atom. The van der Waals surface area contributed by atoms with E-state index in [9.17, 15) is 4.79 Å². The summed E-state index contributed by atoms with van der Waals surface area (Å²) in [5.41, 5.74) is 6.47. The van der Waals surface area contributed by atoms with Crippen molar-refractivity contribution < 1.29 is 14.6 Å². The van der Waals surface area contributed by atoms with Gasteiger partial charge in [-0.15, -0.1) is 0 Å². The monoisotopic (exact) mass is 273 g/mol. The van der Waals surface area contributed by atoms with Gasteiger partial charge in [0.25, 0.3) is 0 Å². The van der Waals surface area contributed by atoms with Gasteiger partial charge in [-0.05, 0) is 33.6 Å². The van der Waals surface area contributed by atoms with E-state index in [0.29, 0.717) is 5.75 Å². The van der Waals surface area contributed by atoms with Crippen molar-refractivity contribution in [3.63, 3.8) is 0 Å². The zero-order chi connectivity index (χ0) is 11.4. The topological polar surface area (TPSA) is 72.5 Å². The zero-order valence-electron chi connectivity index (χ0n) is 8.24.